The summed E-state index contributed by atoms with van der Waals surface area (Å²) in [6.07, 6.45) is -0.0266. The second-order valence-electron chi connectivity index (χ2n) is 6.23. The molecule has 0 aliphatic carbocycles. The molecule has 0 spiro atoms. The third-order valence-corrected chi connectivity index (χ3v) is 4.16. The lowest BCUT2D eigenvalue weighted by Crippen LogP contribution is -2.17. The molecule has 27 heavy (non-hydrogen) atoms. The van der Waals surface area contributed by atoms with E-state index in [1.165, 1.54) is 0 Å². The van der Waals surface area contributed by atoms with Gasteiger partial charge >= 0.3 is 5.97 Å². The first-order valence-corrected chi connectivity index (χ1v) is 8.71. The number of aryl methyl sites for hydroxylation is 1. The fraction of sp³-hybridized carbons (Fsp3) is 0.286. The van der Waals surface area contributed by atoms with Crippen molar-refractivity contribution in [3.05, 3.63) is 59.2 Å². The second kappa shape index (κ2) is 8.49. The summed E-state index contributed by atoms with van der Waals surface area (Å²) in [5, 5.41) is 0. The monoisotopic (exact) mass is 368 g/mol. The van der Waals surface area contributed by atoms with Gasteiger partial charge in [-0.1, -0.05) is 29.8 Å². The molecule has 0 radical (unpaired) electrons. The summed E-state index contributed by atoms with van der Waals surface area (Å²) < 4.78 is 15.8. The molecule has 3 rings (SSSR count). The Morgan fingerprint density at radius 1 is 0.852 bits per heavy atom. The molecule has 0 saturated heterocycles. The third-order valence-electron chi connectivity index (χ3n) is 4.16. The van der Waals surface area contributed by atoms with Gasteiger partial charge in [0.1, 0.15) is 13.2 Å². The van der Waals surface area contributed by atoms with Crippen molar-refractivity contribution >= 4 is 17.5 Å². The van der Waals surface area contributed by atoms with Crippen LogP contribution in [0.3, 0.4) is 0 Å². The maximum atomic E-state index is 12.2. The van der Waals surface area contributed by atoms with Gasteiger partial charge in [-0.15, -0.1) is 0 Å². The van der Waals surface area contributed by atoms with Crippen LogP contribution in [0.25, 0.3) is 0 Å². The molecule has 2 aromatic rings. The van der Waals surface area contributed by atoms with Gasteiger partial charge in [0.05, 0.1) is 6.42 Å². The van der Waals surface area contributed by atoms with E-state index in [2.05, 4.69) is 0 Å². The molecule has 0 amide bonds. The molecule has 0 N–H and O–H groups in total. The lowest BCUT2D eigenvalue weighted by molar-refractivity contribution is -0.142. The largest absolute Gasteiger partial charge is 0.486 e. The van der Waals surface area contributed by atoms with Gasteiger partial charge in [0.2, 0.25) is 0 Å². The topological polar surface area (TPSA) is 78.9 Å². The number of benzene rings is 2. The summed E-state index contributed by atoms with van der Waals surface area (Å²) in [5.41, 5.74) is 1.99. The Bertz CT molecular complexity index is 853. The molecule has 1 aliphatic heterocycles. The maximum Gasteiger partial charge on any atom is 0.306 e. The van der Waals surface area contributed by atoms with Crippen molar-refractivity contribution in [1.82, 2.24) is 0 Å². The van der Waals surface area contributed by atoms with Crippen LogP contribution in [0.2, 0.25) is 0 Å². The smallest absolute Gasteiger partial charge is 0.306 e. The van der Waals surface area contributed by atoms with Crippen molar-refractivity contribution in [3.8, 4) is 11.5 Å². The van der Waals surface area contributed by atoms with Gasteiger partial charge in [-0.2, -0.15) is 0 Å². The van der Waals surface area contributed by atoms with Crippen LogP contribution < -0.4 is 9.47 Å². The summed E-state index contributed by atoms with van der Waals surface area (Å²) in [5.74, 6) is 0.0307. The Hall–Kier alpha value is -3.15. The minimum absolute atomic E-state index is 0.0418. The quantitative estimate of drug-likeness (QED) is 0.552. The summed E-state index contributed by atoms with van der Waals surface area (Å²) in [6.45, 7) is 2.45. The predicted molar refractivity (Wildman–Crippen MR) is 97.5 cm³/mol. The Kier molecular flexibility index (Phi) is 5.86. The van der Waals surface area contributed by atoms with Crippen LogP contribution in [0.15, 0.2) is 42.5 Å². The van der Waals surface area contributed by atoms with Crippen molar-refractivity contribution in [2.45, 2.75) is 19.8 Å². The van der Waals surface area contributed by atoms with Gasteiger partial charge in [-0.25, -0.2) is 0 Å². The number of rotatable bonds is 7. The highest BCUT2D eigenvalue weighted by Crippen LogP contribution is 2.30. The number of hydrogen-bond donors (Lipinski definition) is 0. The zero-order chi connectivity index (χ0) is 19.2. The number of carbonyl (C=O) groups excluding carboxylic acids is 3. The highest BCUT2D eigenvalue weighted by Gasteiger charge is 2.17. The molecular formula is C21H20O6. The van der Waals surface area contributed by atoms with E-state index in [-0.39, 0.29) is 31.0 Å². The molecule has 2 aromatic carbocycles. The standard InChI is InChI=1S/C21H20O6/c1-14-2-4-15(5-3-14)17(22)7-9-21(24)27-13-18(23)16-6-8-19-20(12-16)26-11-10-25-19/h2-6,8,12H,7,9-11,13H2,1H3. The Labute approximate surface area is 157 Å². The molecule has 6 heteroatoms. The van der Waals surface area contributed by atoms with Crippen molar-refractivity contribution < 1.29 is 28.6 Å². The summed E-state index contributed by atoms with van der Waals surface area (Å²) in [4.78, 5) is 36.1. The van der Waals surface area contributed by atoms with Crippen LogP contribution in [0.5, 0.6) is 11.5 Å². The van der Waals surface area contributed by atoms with E-state index in [0.717, 1.165) is 5.56 Å². The van der Waals surface area contributed by atoms with Gasteiger partial charge in [-0.3, -0.25) is 14.4 Å². The highest BCUT2D eigenvalue weighted by molar-refractivity contribution is 5.99. The first-order chi connectivity index (χ1) is 13.0. The first-order valence-electron chi connectivity index (χ1n) is 8.71. The molecule has 6 nitrogen and oxygen atoms in total. The van der Waals surface area contributed by atoms with Crippen LogP contribution in [-0.4, -0.2) is 37.4 Å². The van der Waals surface area contributed by atoms with E-state index in [1.54, 1.807) is 30.3 Å². The van der Waals surface area contributed by atoms with Gasteiger partial charge in [-0.05, 0) is 25.1 Å². The number of ketones is 2. The maximum absolute atomic E-state index is 12.2. The van der Waals surface area contributed by atoms with E-state index >= 15 is 0 Å². The van der Waals surface area contributed by atoms with Crippen LogP contribution in [0.4, 0.5) is 0 Å². The van der Waals surface area contributed by atoms with Crippen molar-refractivity contribution in [2.75, 3.05) is 19.8 Å². The van der Waals surface area contributed by atoms with E-state index in [0.29, 0.717) is 35.8 Å². The van der Waals surface area contributed by atoms with Crippen molar-refractivity contribution in [2.24, 2.45) is 0 Å². The Morgan fingerprint density at radius 3 is 2.26 bits per heavy atom. The summed E-state index contributed by atoms with van der Waals surface area (Å²) in [7, 11) is 0. The molecule has 0 unspecified atom stereocenters. The van der Waals surface area contributed by atoms with E-state index in [9.17, 15) is 14.4 Å². The average Bonchev–Trinajstić information content (AvgIpc) is 2.70. The third kappa shape index (κ3) is 4.94. The summed E-state index contributed by atoms with van der Waals surface area (Å²) in [6, 6.07) is 12.0. The van der Waals surface area contributed by atoms with Gasteiger partial charge in [0.25, 0.3) is 0 Å². The van der Waals surface area contributed by atoms with Crippen molar-refractivity contribution in [1.29, 1.82) is 0 Å². The summed E-state index contributed by atoms with van der Waals surface area (Å²) >= 11 is 0. The van der Waals surface area contributed by atoms with Gasteiger partial charge in [0.15, 0.2) is 29.7 Å². The van der Waals surface area contributed by atoms with Gasteiger partial charge in [0, 0.05) is 17.5 Å². The number of fused-ring (bicyclic) bond motifs is 1. The Morgan fingerprint density at radius 2 is 1.52 bits per heavy atom. The normalized spacial score (nSPS) is 12.3. The lowest BCUT2D eigenvalue weighted by Gasteiger charge is -2.18. The first kappa shape index (κ1) is 18.6. The number of hydrogen-bond acceptors (Lipinski definition) is 6. The number of carbonyl (C=O) groups is 3. The molecular weight excluding hydrogens is 348 g/mol. The van der Waals surface area contributed by atoms with Crippen molar-refractivity contribution in [3.63, 3.8) is 0 Å². The zero-order valence-corrected chi connectivity index (χ0v) is 15.0. The SMILES string of the molecule is Cc1ccc(C(=O)CCC(=O)OCC(=O)c2ccc3c(c2)OCCO3)cc1. The van der Waals surface area contributed by atoms with E-state index in [4.69, 9.17) is 14.2 Å². The van der Waals surface area contributed by atoms with E-state index in [1.807, 2.05) is 19.1 Å². The molecule has 0 atom stereocenters. The fourth-order valence-electron chi connectivity index (χ4n) is 2.62. The van der Waals surface area contributed by atoms with Gasteiger partial charge < -0.3 is 14.2 Å². The minimum atomic E-state index is -0.582. The molecule has 0 fully saturated rings. The molecule has 0 aromatic heterocycles. The number of Topliss-reactive ketones (excluding diaryl/α,β-unsaturated/α-hetero) is 2. The average molecular weight is 368 g/mol. The minimum Gasteiger partial charge on any atom is -0.486 e. The van der Waals surface area contributed by atoms with Crippen LogP contribution in [-0.2, 0) is 9.53 Å². The molecule has 0 saturated carbocycles. The van der Waals surface area contributed by atoms with Crippen LogP contribution >= 0.6 is 0 Å². The molecule has 0 bridgehead atoms. The van der Waals surface area contributed by atoms with E-state index < -0.39 is 5.97 Å². The lowest BCUT2D eigenvalue weighted by atomic mass is 10.1. The number of esters is 1. The zero-order valence-electron chi connectivity index (χ0n) is 15.0. The van der Waals surface area contributed by atoms with Crippen LogP contribution in [0, 0.1) is 6.92 Å². The predicted octanol–water partition coefficient (Wildman–Crippen LogP) is 3.16. The molecule has 140 valence electrons. The molecule has 1 heterocycles. The fourth-order valence-corrected chi connectivity index (χ4v) is 2.62. The Balaban J connectivity index is 1.46. The number of ether oxygens (including phenoxy) is 3. The second-order valence-corrected chi connectivity index (χ2v) is 6.23. The highest BCUT2D eigenvalue weighted by atomic mass is 16.6. The molecule has 1 aliphatic rings. The van der Waals surface area contributed by atoms with Crippen LogP contribution in [0.1, 0.15) is 39.1 Å².